The highest BCUT2D eigenvalue weighted by Gasteiger charge is 2.29. The van der Waals surface area contributed by atoms with Gasteiger partial charge in [0.05, 0.1) is 0 Å². The van der Waals surface area contributed by atoms with Crippen molar-refractivity contribution in [2.45, 2.75) is 10.8 Å². The number of benzene rings is 1. The molecule has 1 aromatic rings. The van der Waals surface area contributed by atoms with Crippen molar-refractivity contribution >= 4 is 44.6 Å². The van der Waals surface area contributed by atoms with Crippen molar-refractivity contribution in [1.29, 1.82) is 0 Å². The highest BCUT2D eigenvalue weighted by molar-refractivity contribution is 7.92. The predicted octanol–water partition coefficient (Wildman–Crippen LogP) is 2.64. The minimum atomic E-state index is -3.55. The monoisotopic (exact) mass is 302 g/mol. The van der Waals surface area contributed by atoms with Crippen LogP contribution in [0.2, 0.25) is 10.0 Å². The molecule has 0 heterocycles. The van der Waals surface area contributed by atoms with Crippen LogP contribution in [0, 0.1) is 0 Å². The lowest BCUT2D eigenvalue weighted by Crippen LogP contribution is -2.22. The van der Waals surface area contributed by atoms with Crippen LogP contribution >= 0.6 is 34.8 Å². The van der Waals surface area contributed by atoms with E-state index in [1.54, 1.807) is 0 Å². The van der Waals surface area contributed by atoms with Gasteiger partial charge in [0.25, 0.3) is 0 Å². The highest BCUT2D eigenvalue weighted by atomic mass is 35.5. The molecule has 0 aliphatic heterocycles. The largest absolute Gasteiger partial charge is 0.386 e. The molecular weight excluding hydrogens is 295 g/mol. The molecule has 0 radical (unpaired) electrons. The van der Waals surface area contributed by atoms with Gasteiger partial charge in [-0.2, -0.15) is 0 Å². The van der Waals surface area contributed by atoms with E-state index < -0.39 is 20.7 Å². The van der Waals surface area contributed by atoms with Gasteiger partial charge in [0.1, 0.15) is 6.10 Å². The Morgan fingerprint density at radius 2 is 1.88 bits per heavy atom. The third-order valence-corrected chi connectivity index (χ3v) is 4.79. The molecule has 0 aliphatic rings. The summed E-state index contributed by atoms with van der Waals surface area (Å²) in [6.45, 7) is 0. The van der Waals surface area contributed by atoms with Crippen molar-refractivity contribution < 1.29 is 13.5 Å². The summed E-state index contributed by atoms with van der Waals surface area (Å²) in [4.78, 5) is 0. The fourth-order valence-electron chi connectivity index (χ4n) is 1.12. The van der Waals surface area contributed by atoms with Gasteiger partial charge in [0.2, 0.25) is 0 Å². The Hall–Kier alpha value is -0.000000000000000111. The minimum Gasteiger partial charge on any atom is -0.386 e. The summed E-state index contributed by atoms with van der Waals surface area (Å²) in [5.41, 5.74) is 0.233. The molecule has 0 saturated carbocycles. The first kappa shape index (κ1) is 14.1. The first-order valence-corrected chi connectivity index (χ1v) is 7.34. The van der Waals surface area contributed by atoms with Crippen LogP contribution in [-0.2, 0) is 9.84 Å². The van der Waals surface area contributed by atoms with E-state index in [9.17, 15) is 13.5 Å². The third kappa shape index (κ3) is 3.25. The van der Waals surface area contributed by atoms with Crippen molar-refractivity contribution in [2.75, 3.05) is 6.26 Å². The summed E-state index contributed by atoms with van der Waals surface area (Å²) in [7, 11) is -3.55. The topological polar surface area (TPSA) is 54.4 Å². The smallest absolute Gasteiger partial charge is 0.167 e. The summed E-state index contributed by atoms with van der Waals surface area (Å²) in [6.07, 6.45) is -0.445. The fourth-order valence-corrected chi connectivity index (χ4v) is 2.39. The maximum atomic E-state index is 11.2. The van der Waals surface area contributed by atoms with Crippen LogP contribution in [0.3, 0.4) is 0 Å². The van der Waals surface area contributed by atoms with Crippen LogP contribution in [-0.4, -0.2) is 24.5 Å². The third-order valence-electron chi connectivity index (χ3n) is 1.94. The summed E-state index contributed by atoms with van der Waals surface area (Å²) in [5.74, 6) is 0. The number of hydrogen-bond donors (Lipinski definition) is 1. The van der Waals surface area contributed by atoms with E-state index in [0.717, 1.165) is 6.26 Å². The average molecular weight is 304 g/mol. The van der Waals surface area contributed by atoms with E-state index in [-0.39, 0.29) is 10.6 Å². The van der Waals surface area contributed by atoms with Crippen LogP contribution in [0.4, 0.5) is 0 Å². The molecule has 2 atom stereocenters. The lowest BCUT2D eigenvalue weighted by Gasteiger charge is -2.16. The SMILES string of the molecule is CS(=O)(=O)[C@H](Cl)[C@H](O)c1ccc(Cl)cc1Cl. The molecule has 0 aromatic heterocycles. The van der Waals surface area contributed by atoms with E-state index in [1.165, 1.54) is 18.2 Å². The maximum Gasteiger partial charge on any atom is 0.167 e. The van der Waals surface area contributed by atoms with Crippen molar-refractivity contribution in [3.8, 4) is 0 Å². The summed E-state index contributed by atoms with van der Waals surface area (Å²) in [5, 5.41) is 10.3. The second-order valence-corrected chi connectivity index (χ2v) is 7.03. The van der Waals surface area contributed by atoms with E-state index >= 15 is 0 Å². The molecule has 16 heavy (non-hydrogen) atoms. The normalized spacial score (nSPS) is 15.8. The van der Waals surface area contributed by atoms with Gasteiger partial charge in [0.15, 0.2) is 14.5 Å². The Morgan fingerprint density at radius 3 is 2.31 bits per heavy atom. The van der Waals surface area contributed by atoms with Gasteiger partial charge >= 0.3 is 0 Å². The molecular formula is C9H9Cl3O3S. The van der Waals surface area contributed by atoms with Crippen molar-refractivity contribution in [2.24, 2.45) is 0 Å². The van der Waals surface area contributed by atoms with Crippen LogP contribution in [0.5, 0.6) is 0 Å². The highest BCUT2D eigenvalue weighted by Crippen LogP contribution is 2.31. The fraction of sp³-hybridized carbons (Fsp3) is 0.333. The predicted molar refractivity (Wildman–Crippen MR) is 65.9 cm³/mol. The Kier molecular flexibility index (Phi) is 4.49. The maximum absolute atomic E-state index is 11.2. The van der Waals surface area contributed by atoms with Gasteiger partial charge < -0.3 is 5.11 Å². The Labute approximate surface area is 109 Å². The standard InChI is InChI=1S/C9H9Cl3O3S/c1-16(14,15)9(12)8(13)6-3-2-5(10)4-7(6)11/h2-4,8-9,13H,1H3/t8-,9+/m1/s1. The van der Waals surface area contributed by atoms with E-state index in [0.29, 0.717) is 5.02 Å². The second-order valence-electron chi connectivity index (χ2n) is 3.29. The van der Waals surface area contributed by atoms with Gasteiger partial charge in [-0.25, -0.2) is 8.42 Å². The summed E-state index contributed by atoms with van der Waals surface area (Å²) in [6, 6.07) is 4.35. The lowest BCUT2D eigenvalue weighted by molar-refractivity contribution is 0.192. The van der Waals surface area contributed by atoms with Gasteiger partial charge in [0, 0.05) is 21.9 Å². The van der Waals surface area contributed by atoms with Crippen molar-refractivity contribution in [3.63, 3.8) is 0 Å². The Bertz CT molecular complexity index is 487. The average Bonchev–Trinajstić information content (AvgIpc) is 2.14. The molecule has 0 unspecified atom stereocenters. The number of rotatable bonds is 3. The van der Waals surface area contributed by atoms with Gasteiger partial charge in [-0.3, -0.25) is 0 Å². The van der Waals surface area contributed by atoms with Crippen LogP contribution in [0.1, 0.15) is 11.7 Å². The zero-order valence-corrected chi connectivity index (χ0v) is 11.3. The zero-order chi connectivity index (χ0) is 12.5. The first-order valence-electron chi connectivity index (χ1n) is 4.19. The zero-order valence-electron chi connectivity index (χ0n) is 8.19. The van der Waals surface area contributed by atoms with Gasteiger partial charge in [-0.05, 0) is 12.1 Å². The number of alkyl halides is 1. The summed E-state index contributed by atoms with van der Waals surface area (Å²) >= 11 is 17.1. The molecule has 0 spiro atoms. The molecule has 0 bridgehead atoms. The Morgan fingerprint density at radius 1 is 1.31 bits per heavy atom. The molecule has 0 amide bonds. The van der Waals surface area contributed by atoms with Gasteiger partial charge in [-0.1, -0.05) is 29.3 Å². The van der Waals surface area contributed by atoms with Crippen molar-refractivity contribution in [1.82, 2.24) is 0 Å². The number of aliphatic hydroxyl groups is 1. The molecule has 90 valence electrons. The van der Waals surface area contributed by atoms with Crippen molar-refractivity contribution in [3.05, 3.63) is 33.8 Å². The van der Waals surface area contributed by atoms with Crippen LogP contribution in [0.15, 0.2) is 18.2 Å². The second kappa shape index (κ2) is 5.10. The molecule has 0 aliphatic carbocycles. The van der Waals surface area contributed by atoms with Crippen LogP contribution < -0.4 is 0 Å². The quantitative estimate of drug-likeness (QED) is 0.873. The molecule has 0 saturated heterocycles. The Balaban J connectivity index is 3.10. The molecule has 1 aromatic carbocycles. The van der Waals surface area contributed by atoms with E-state index in [4.69, 9.17) is 34.8 Å². The van der Waals surface area contributed by atoms with Crippen LogP contribution in [0.25, 0.3) is 0 Å². The van der Waals surface area contributed by atoms with E-state index in [1.807, 2.05) is 0 Å². The number of hydrogen-bond acceptors (Lipinski definition) is 3. The van der Waals surface area contributed by atoms with Gasteiger partial charge in [-0.15, -0.1) is 11.6 Å². The minimum absolute atomic E-state index is 0.175. The molecule has 3 nitrogen and oxygen atoms in total. The van der Waals surface area contributed by atoms with E-state index in [2.05, 4.69) is 0 Å². The summed E-state index contributed by atoms with van der Waals surface area (Å²) < 4.78 is 20.9. The first-order chi connectivity index (χ1) is 7.23. The molecule has 7 heteroatoms. The number of halogens is 3. The lowest BCUT2D eigenvalue weighted by atomic mass is 10.1. The number of sulfone groups is 1. The molecule has 0 fully saturated rings. The molecule has 1 N–H and O–H groups in total. The number of aliphatic hydroxyl groups excluding tert-OH is 1. The molecule has 1 rings (SSSR count).